The first-order valence-electron chi connectivity index (χ1n) is 4.70. The molecular formula is C10H15BrIN3O2. The lowest BCUT2D eigenvalue weighted by Crippen LogP contribution is -2.27. The van der Waals surface area contributed by atoms with E-state index >= 15 is 0 Å². The fourth-order valence-corrected chi connectivity index (χ4v) is 1.41. The lowest BCUT2D eigenvalue weighted by Gasteiger charge is -2.11. The Bertz CT molecular complexity index is 372. The van der Waals surface area contributed by atoms with E-state index < -0.39 is 6.10 Å². The largest absolute Gasteiger partial charge is 0.490 e. The molecule has 96 valence electrons. The summed E-state index contributed by atoms with van der Waals surface area (Å²) < 4.78 is 6.22. The zero-order valence-electron chi connectivity index (χ0n) is 9.04. The first-order valence-corrected chi connectivity index (χ1v) is 5.49. The molecule has 1 aromatic rings. The van der Waals surface area contributed by atoms with Crippen LogP contribution in [0.1, 0.15) is 0 Å². The maximum atomic E-state index is 9.49. The van der Waals surface area contributed by atoms with Gasteiger partial charge in [0.2, 0.25) is 0 Å². The molecule has 5 nitrogen and oxygen atoms in total. The van der Waals surface area contributed by atoms with E-state index in [0.29, 0.717) is 5.75 Å². The number of benzene rings is 1. The minimum absolute atomic E-state index is 0. The average molecular weight is 416 g/mol. The summed E-state index contributed by atoms with van der Waals surface area (Å²) in [6.45, 7) is 0.270. The van der Waals surface area contributed by atoms with E-state index in [0.717, 1.165) is 4.47 Å². The second-order valence-electron chi connectivity index (χ2n) is 3.16. The molecule has 0 aromatic heterocycles. The molecule has 7 heteroatoms. The second-order valence-corrected chi connectivity index (χ2v) is 4.02. The highest BCUT2D eigenvalue weighted by atomic mass is 127. The molecule has 0 aliphatic heterocycles. The molecule has 0 saturated heterocycles. The van der Waals surface area contributed by atoms with Crippen LogP contribution in [-0.4, -0.2) is 30.3 Å². The predicted octanol–water partition coefficient (Wildman–Crippen LogP) is 1.08. The van der Waals surface area contributed by atoms with Crippen LogP contribution in [0.15, 0.2) is 33.7 Å². The van der Waals surface area contributed by atoms with E-state index in [1.807, 2.05) is 18.2 Å². The minimum Gasteiger partial charge on any atom is -0.490 e. The van der Waals surface area contributed by atoms with Crippen molar-refractivity contribution in [3.63, 3.8) is 0 Å². The van der Waals surface area contributed by atoms with E-state index in [1.165, 1.54) is 0 Å². The maximum Gasteiger partial charge on any atom is 0.186 e. The van der Waals surface area contributed by atoms with Crippen LogP contribution in [-0.2, 0) is 0 Å². The van der Waals surface area contributed by atoms with Gasteiger partial charge < -0.3 is 21.3 Å². The van der Waals surface area contributed by atoms with Crippen molar-refractivity contribution in [1.82, 2.24) is 0 Å². The summed E-state index contributed by atoms with van der Waals surface area (Å²) in [5.74, 6) is 0.631. The number of aliphatic hydroxyl groups is 1. The summed E-state index contributed by atoms with van der Waals surface area (Å²) >= 11 is 3.33. The monoisotopic (exact) mass is 415 g/mol. The molecule has 0 spiro atoms. The highest BCUT2D eigenvalue weighted by Gasteiger charge is 2.06. The van der Waals surface area contributed by atoms with Crippen molar-refractivity contribution in [2.45, 2.75) is 6.10 Å². The Hall–Kier alpha value is -0.540. The van der Waals surface area contributed by atoms with Crippen molar-refractivity contribution < 1.29 is 9.84 Å². The highest BCUT2D eigenvalue weighted by Crippen LogP contribution is 2.23. The SMILES string of the molecule is I.NC(N)=NCC(O)COc1ccccc1Br. The molecule has 0 aliphatic rings. The van der Waals surface area contributed by atoms with E-state index in [-0.39, 0.29) is 43.1 Å². The predicted molar refractivity (Wildman–Crippen MR) is 81.7 cm³/mol. The Morgan fingerprint density at radius 3 is 2.65 bits per heavy atom. The molecule has 1 unspecified atom stereocenters. The normalized spacial score (nSPS) is 11.2. The summed E-state index contributed by atoms with van der Waals surface area (Å²) in [5.41, 5.74) is 10.3. The van der Waals surface area contributed by atoms with Gasteiger partial charge in [-0.1, -0.05) is 12.1 Å². The molecule has 0 radical (unpaired) electrons. The van der Waals surface area contributed by atoms with Crippen molar-refractivity contribution in [3.8, 4) is 5.75 Å². The van der Waals surface area contributed by atoms with Gasteiger partial charge in [0.25, 0.3) is 0 Å². The van der Waals surface area contributed by atoms with Gasteiger partial charge in [0, 0.05) is 0 Å². The fourth-order valence-electron chi connectivity index (χ4n) is 1.01. The van der Waals surface area contributed by atoms with Gasteiger partial charge in [0.15, 0.2) is 5.96 Å². The third-order valence-corrected chi connectivity index (χ3v) is 2.41. The number of nitrogens with two attached hydrogens (primary N) is 2. The van der Waals surface area contributed by atoms with Gasteiger partial charge in [0.1, 0.15) is 18.5 Å². The van der Waals surface area contributed by atoms with Gasteiger partial charge >= 0.3 is 0 Å². The number of aliphatic imine (C=N–C) groups is 1. The Balaban J connectivity index is 0.00000256. The Kier molecular flexibility index (Phi) is 8.26. The number of hydrogen-bond donors (Lipinski definition) is 3. The van der Waals surface area contributed by atoms with Gasteiger partial charge in [-0.15, -0.1) is 24.0 Å². The molecule has 17 heavy (non-hydrogen) atoms. The number of para-hydroxylation sites is 1. The van der Waals surface area contributed by atoms with Crippen molar-refractivity contribution in [2.75, 3.05) is 13.2 Å². The van der Waals surface area contributed by atoms with Gasteiger partial charge in [0.05, 0.1) is 11.0 Å². The smallest absolute Gasteiger partial charge is 0.186 e. The van der Waals surface area contributed by atoms with Crippen molar-refractivity contribution in [3.05, 3.63) is 28.7 Å². The molecule has 1 atom stereocenters. The lowest BCUT2D eigenvalue weighted by molar-refractivity contribution is 0.114. The van der Waals surface area contributed by atoms with Gasteiger partial charge in [-0.2, -0.15) is 0 Å². The third-order valence-electron chi connectivity index (χ3n) is 1.75. The van der Waals surface area contributed by atoms with Gasteiger partial charge in [-0.05, 0) is 28.1 Å². The molecule has 0 aliphatic carbocycles. The third kappa shape index (κ3) is 6.69. The summed E-state index contributed by atoms with van der Waals surface area (Å²) in [6.07, 6.45) is -0.728. The molecular weight excluding hydrogens is 401 g/mol. The first kappa shape index (κ1) is 16.5. The molecule has 0 amide bonds. The molecule has 1 rings (SSSR count). The minimum atomic E-state index is -0.728. The molecule has 0 bridgehead atoms. The quantitative estimate of drug-likeness (QED) is 0.381. The number of guanidine groups is 1. The second kappa shape index (κ2) is 8.54. The zero-order chi connectivity index (χ0) is 12.0. The average Bonchev–Trinajstić information content (AvgIpc) is 2.25. The Morgan fingerprint density at radius 2 is 2.06 bits per heavy atom. The first-order chi connectivity index (χ1) is 7.59. The van der Waals surface area contributed by atoms with Crippen molar-refractivity contribution >= 4 is 45.9 Å². The Labute approximate surface area is 125 Å². The summed E-state index contributed by atoms with van der Waals surface area (Å²) in [5, 5.41) is 9.49. The maximum absolute atomic E-state index is 9.49. The van der Waals surface area contributed by atoms with Crippen molar-refractivity contribution in [2.24, 2.45) is 16.5 Å². The number of nitrogens with zero attached hydrogens (tertiary/aromatic N) is 1. The van der Waals surface area contributed by atoms with Crippen LogP contribution in [0.4, 0.5) is 0 Å². The van der Waals surface area contributed by atoms with E-state index in [9.17, 15) is 5.11 Å². The summed E-state index contributed by atoms with van der Waals surface area (Å²) in [4.78, 5) is 3.69. The van der Waals surface area contributed by atoms with Crippen LogP contribution >= 0.6 is 39.9 Å². The molecule has 1 aromatic carbocycles. The van der Waals surface area contributed by atoms with Crippen LogP contribution in [0.5, 0.6) is 5.75 Å². The lowest BCUT2D eigenvalue weighted by atomic mass is 10.3. The van der Waals surface area contributed by atoms with Crippen molar-refractivity contribution in [1.29, 1.82) is 0 Å². The summed E-state index contributed by atoms with van der Waals surface area (Å²) in [6, 6.07) is 7.39. The topological polar surface area (TPSA) is 93.9 Å². The van der Waals surface area contributed by atoms with Gasteiger partial charge in [-0.25, -0.2) is 0 Å². The zero-order valence-corrected chi connectivity index (χ0v) is 13.0. The highest BCUT2D eigenvalue weighted by molar-refractivity contribution is 14.0. The Morgan fingerprint density at radius 1 is 1.41 bits per heavy atom. The summed E-state index contributed by atoms with van der Waals surface area (Å²) in [7, 11) is 0. The number of hydrogen-bond acceptors (Lipinski definition) is 3. The van der Waals surface area contributed by atoms with Gasteiger partial charge in [-0.3, -0.25) is 4.99 Å². The number of ether oxygens (including phenoxy) is 1. The van der Waals surface area contributed by atoms with E-state index in [1.54, 1.807) is 6.07 Å². The number of halogens is 2. The molecule has 0 saturated carbocycles. The van der Waals surface area contributed by atoms with Crippen LogP contribution < -0.4 is 16.2 Å². The van der Waals surface area contributed by atoms with Crippen LogP contribution in [0.25, 0.3) is 0 Å². The van der Waals surface area contributed by atoms with E-state index in [4.69, 9.17) is 16.2 Å². The number of rotatable bonds is 5. The van der Waals surface area contributed by atoms with Crippen LogP contribution in [0, 0.1) is 0 Å². The van der Waals surface area contributed by atoms with Crippen LogP contribution in [0.2, 0.25) is 0 Å². The number of aliphatic hydroxyl groups excluding tert-OH is 1. The molecule has 0 heterocycles. The van der Waals surface area contributed by atoms with E-state index in [2.05, 4.69) is 20.9 Å². The standard InChI is InChI=1S/C10H14BrN3O2.HI/c11-8-3-1-2-4-9(8)16-6-7(15)5-14-10(12)13;/h1-4,7,15H,5-6H2,(H4,12,13,14);1H. The van der Waals surface area contributed by atoms with Crippen LogP contribution in [0.3, 0.4) is 0 Å². The molecule has 0 fully saturated rings. The molecule has 5 N–H and O–H groups in total. The fraction of sp³-hybridized carbons (Fsp3) is 0.300.